The van der Waals surface area contributed by atoms with E-state index in [0.717, 1.165) is 0 Å². The molecule has 7 nitrogen and oxygen atoms in total. The number of benzene rings is 1. The number of hydrogen-bond donors (Lipinski definition) is 2. The van der Waals surface area contributed by atoms with Gasteiger partial charge in [0.05, 0.1) is 18.2 Å². The lowest BCUT2D eigenvalue weighted by atomic mass is 10.1. The van der Waals surface area contributed by atoms with Crippen molar-refractivity contribution < 1.29 is 14.3 Å². The van der Waals surface area contributed by atoms with Gasteiger partial charge in [0.25, 0.3) is 5.91 Å². The maximum Gasteiger partial charge on any atom is 0.346 e. The zero-order chi connectivity index (χ0) is 15.5. The monoisotopic (exact) mass is 303 g/mol. The van der Waals surface area contributed by atoms with Crippen molar-refractivity contribution in [1.29, 1.82) is 0 Å². The van der Waals surface area contributed by atoms with Gasteiger partial charge in [0.15, 0.2) is 0 Å². The summed E-state index contributed by atoms with van der Waals surface area (Å²) in [6.45, 7) is 0.999. The first-order valence-corrected chi connectivity index (χ1v) is 7.09. The van der Waals surface area contributed by atoms with E-state index in [1.165, 1.54) is 0 Å². The second kappa shape index (κ2) is 6.25. The molecule has 1 aliphatic rings. The number of aromatic amines is 1. The molecule has 2 atom stereocenters. The smallest absolute Gasteiger partial charge is 0.346 e. The quantitative estimate of drug-likeness (QED) is 0.859. The van der Waals surface area contributed by atoms with Crippen molar-refractivity contribution >= 4 is 16.8 Å². The van der Waals surface area contributed by atoms with Crippen LogP contribution in [-0.2, 0) is 9.47 Å². The summed E-state index contributed by atoms with van der Waals surface area (Å²) in [4.78, 5) is 30.6. The van der Waals surface area contributed by atoms with Gasteiger partial charge in [-0.15, -0.1) is 0 Å². The number of nitrogens with one attached hydrogen (secondary N) is 2. The van der Waals surface area contributed by atoms with Crippen LogP contribution >= 0.6 is 0 Å². The summed E-state index contributed by atoms with van der Waals surface area (Å²) in [6.07, 6.45) is 0.455. The molecule has 1 aromatic carbocycles. The van der Waals surface area contributed by atoms with E-state index in [1.54, 1.807) is 31.4 Å². The Balaban J connectivity index is 1.90. The van der Waals surface area contributed by atoms with E-state index in [4.69, 9.17) is 9.47 Å². The third kappa shape index (κ3) is 2.86. The summed E-state index contributed by atoms with van der Waals surface area (Å²) in [5.41, 5.74) is 0.169. The van der Waals surface area contributed by atoms with Crippen LogP contribution in [0.3, 0.4) is 0 Å². The number of nitrogens with zero attached hydrogens (tertiary/aromatic N) is 1. The fourth-order valence-electron chi connectivity index (χ4n) is 2.62. The molecule has 2 N–H and O–H groups in total. The number of fused-ring (bicyclic) bond motifs is 1. The largest absolute Gasteiger partial charge is 0.379 e. The number of aromatic nitrogens is 2. The zero-order valence-electron chi connectivity index (χ0n) is 12.2. The number of amides is 1. The highest BCUT2D eigenvalue weighted by molar-refractivity contribution is 6.04. The average Bonchev–Trinajstić information content (AvgIpc) is 2.54. The molecule has 1 aliphatic heterocycles. The van der Waals surface area contributed by atoms with Crippen LogP contribution in [0.4, 0.5) is 0 Å². The highest BCUT2D eigenvalue weighted by atomic mass is 16.5. The van der Waals surface area contributed by atoms with Crippen LogP contribution in [-0.4, -0.2) is 48.3 Å². The molecule has 0 aliphatic carbocycles. The first kappa shape index (κ1) is 14.7. The van der Waals surface area contributed by atoms with Gasteiger partial charge in [0, 0.05) is 19.1 Å². The standard InChI is InChI=1S/C15H17N3O4/c1-21-12-8-22-7-6-11(12)16-14(19)13-9-4-2-3-5-10(9)17-15(20)18-13/h2-5,11-12H,6-8H2,1H3,(H,16,19)(H,17,18,20)/t11-,12-/m0/s1. The second-order valence-corrected chi connectivity index (χ2v) is 5.15. The Morgan fingerprint density at radius 3 is 3.09 bits per heavy atom. The molecule has 22 heavy (non-hydrogen) atoms. The summed E-state index contributed by atoms with van der Waals surface area (Å²) in [7, 11) is 1.58. The average molecular weight is 303 g/mol. The van der Waals surface area contributed by atoms with Gasteiger partial charge in [-0.05, 0) is 12.5 Å². The Hall–Kier alpha value is -2.25. The maximum atomic E-state index is 12.5. The highest BCUT2D eigenvalue weighted by Gasteiger charge is 2.28. The number of carbonyl (C=O) groups excluding carboxylic acids is 1. The molecule has 1 aromatic heterocycles. The molecule has 7 heteroatoms. The van der Waals surface area contributed by atoms with Gasteiger partial charge in [0.1, 0.15) is 11.8 Å². The van der Waals surface area contributed by atoms with Crippen LogP contribution in [0.2, 0.25) is 0 Å². The van der Waals surface area contributed by atoms with Crippen molar-refractivity contribution in [3.8, 4) is 0 Å². The molecule has 0 saturated carbocycles. The molecule has 1 fully saturated rings. The molecule has 2 aromatic rings. The number of hydrogen-bond acceptors (Lipinski definition) is 5. The van der Waals surface area contributed by atoms with E-state index in [0.29, 0.717) is 30.5 Å². The zero-order valence-corrected chi connectivity index (χ0v) is 12.2. The van der Waals surface area contributed by atoms with E-state index >= 15 is 0 Å². The predicted octanol–water partition coefficient (Wildman–Crippen LogP) is 0.457. The molecule has 2 heterocycles. The number of H-pyrrole nitrogens is 1. The Morgan fingerprint density at radius 1 is 1.45 bits per heavy atom. The van der Waals surface area contributed by atoms with Gasteiger partial charge in [0.2, 0.25) is 0 Å². The van der Waals surface area contributed by atoms with Crippen LogP contribution in [0.5, 0.6) is 0 Å². The minimum atomic E-state index is -0.542. The van der Waals surface area contributed by atoms with E-state index < -0.39 is 5.69 Å². The van der Waals surface area contributed by atoms with Crippen LogP contribution in [0.1, 0.15) is 16.9 Å². The third-order valence-corrected chi connectivity index (χ3v) is 3.78. The fourth-order valence-corrected chi connectivity index (χ4v) is 2.62. The van der Waals surface area contributed by atoms with Gasteiger partial charge < -0.3 is 19.8 Å². The Morgan fingerprint density at radius 2 is 2.27 bits per heavy atom. The van der Waals surface area contributed by atoms with Crippen LogP contribution in [0, 0.1) is 0 Å². The van der Waals surface area contributed by atoms with E-state index in [-0.39, 0.29) is 23.7 Å². The minimum Gasteiger partial charge on any atom is -0.379 e. The van der Waals surface area contributed by atoms with E-state index in [2.05, 4.69) is 15.3 Å². The number of rotatable bonds is 3. The van der Waals surface area contributed by atoms with Crippen molar-refractivity contribution in [2.75, 3.05) is 20.3 Å². The Bertz CT molecular complexity index is 743. The van der Waals surface area contributed by atoms with Gasteiger partial charge >= 0.3 is 5.69 Å². The molecule has 0 unspecified atom stereocenters. The SMILES string of the molecule is CO[C@H]1COCC[C@@H]1NC(=O)c1nc(=O)[nH]c2ccccc12. The van der Waals surface area contributed by atoms with Crippen LogP contribution in [0.25, 0.3) is 10.9 Å². The highest BCUT2D eigenvalue weighted by Crippen LogP contribution is 2.15. The number of ether oxygens (including phenoxy) is 2. The van der Waals surface area contributed by atoms with Gasteiger partial charge in [-0.1, -0.05) is 18.2 Å². The lowest BCUT2D eigenvalue weighted by Gasteiger charge is -2.30. The lowest BCUT2D eigenvalue weighted by Crippen LogP contribution is -2.50. The maximum absolute atomic E-state index is 12.5. The number of para-hydroxylation sites is 1. The molecular formula is C15H17N3O4. The first-order valence-electron chi connectivity index (χ1n) is 7.09. The fraction of sp³-hybridized carbons (Fsp3) is 0.400. The van der Waals surface area contributed by atoms with Crippen molar-refractivity contribution in [2.24, 2.45) is 0 Å². The normalized spacial score (nSPS) is 21.7. The molecule has 1 saturated heterocycles. The van der Waals surface area contributed by atoms with E-state index in [9.17, 15) is 9.59 Å². The van der Waals surface area contributed by atoms with Crippen LogP contribution < -0.4 is 11.0 Å². The minimum absolute atomic E-state index is 0.126. The number of methoxy groups -OCH3 is 1. The van der Waals surface area contributed by atoms with Crippen molar-refractivity contribution in [2.45, 2.75) is 18.6 Å². The molecular weight excluding hydrogens is 286 g/mol. The van der Waals surface area contributed by atoms with Gasteiger partial charge in [-0.2, -0.15) is 4.98 Å². The first-order chi connectivity index (χ1) is 10.7. The lowest BCUT2D eigenvalue weighted by molar-refractivity contribution is -0.0479. The Kier molecular flexibility index (Phi) is 4.17. The molecule has 0 bridgehead atoms. The van der Waals surface area contributed by atoms with Gasteiger partial charge in [-0.25, -0.2) is 4.79 Å². The third-order valence-electron chi connectivity index (χ3n) is 3.78. The summed E-state index contributed by atoms with van der Waals surface area (Å²) < 4.78 is 10.7. The topological polar surface area (TPSA) is 93.3 Å². The molecule has 1 amide bonds. The molecule has 3 rings (SSSR count). The molecule has 0 radical (unpaired) electrons. The van der Waals surface area contributed by atoms with Crippen molar-refractivity contribution in [1.82, 2.24) is 15.3 Å². The number of carbonyl (C=O) groups is 1. The molecule has 116 valence electrons. The predicted molar refractivity (Wildman–Crippen MR) is 79.9 cm³/mol. The summed E-state index contributed by atoms with van der Waals surface area (Å²) in [6, 6.07) is 6.92. The van der Waals surface area contributed by atoms with E-state index in [1.807, 2.05) is 0 Å². The Labute approximate surface area is 126 Å². The second-order valence-electron chi connectivity index (χ2n) is 5.15. The van der Waals surface area contributed by atoms with Crippen molar-refractivity contribution in [3.63, 3.8) is 0 Å². The van der Waals surface area contributed by atoms with Crippen molar-refractivity contribution in [3.05, 3.63) is 40.4 Å². The summed E-state index contributed by atoms with van der Waals surface area (Å²) >= 11 is 0. The summed E-state index contributed by atoms with van der Waals surface area (Å²) in [5, 5.41) is 3.51. The molecule has 0 spiro atoms. The van der Waals surface area contributed by atoms with Gasteiger partial charge in [-0.3, -0.25) is 4.79 Å². The van der Waals surface area contributed by atoms with Crippen LogP contribution in [0.15, 0.2) is 29.1 Å². The summed E-state index contributed by atoms with van der Waals surface area (Å²) in [5.74, 6) is -0.378.